The lowest BCUT2D eigenvalue weighted by atomic mass is 9.99. The highest BCUT2D eigenvalue weighted by Crippen LogP contribution is 2.24. The maximum Gasteiger partial charge on any atom is 0.325 e. The van der Waals surface area contributed by atoms with Gasteiger partial charge in [-0.1, -0.05) is 6.92 Å². The maximum absolute atomic E-state index is 12.6. The largest absolute Gasteiger partial charge is 0.378 e. The van der Waals surface area contributed by atoms with E-state index < -0.39 is 23.5 Å². The third kappa shape index (κ3) is 3.75. The average Bonchev–Trinajstić information content (AvgIpc) is 2.91. The van der Waals surface area contributed by atoms with Gasteiger partial charge in [-0.2, -0.15) is 0 Å². The minimum absolute atomic E-state index is 0.375. The minimum Gasteiger partial charge on any atom is -0.378 e. The number of anilines is 2. The highest BCUT2D eigenvalue weighted by molar-refractivity contribution is 6.10. The molecular weight excluding hydrogens is 348 g/mol. The molecule has 4 amide bonds. The van der Waals surface area contributed by atoms with Crippen LogP contribution in [-0.4, -0.2) is 60.6 Å². The molecule has 1 aromatic carbocycles. The molecule has 2 N–H and O–H groups in total. The summed E-state index contributed by atoms with van der Waals surface area (Å²) in [4.78, 5) is 40.5. The fourth-order valence-electron chi connectivity index (χ4n) is 3.24. The smallest absolute Gasteiger partial charge is 0.325 e. The van der Waals surface area contributed by atoms with Crippen molar-refractivity contribution >= 4 is 29.2 Å². The van der Waals surface area contributed by atoms with Crippen molar-refractivity contribution in [2.75, 3.05) is 36.5 Å². The summed E-state index contributed by atoms with van der Waals surface area (Å²) in [5, 5.41) is 5.44. The summed E-state index contributed by atoms with van der Waals surface area (Å²) < 4.78 is 5.35. The van der Waals surface area contributed by atoms with Crippen molar-refractivity contribution in [1.29, 1.82) is 0 Å². The number of urea groups is 1. The molecule has 0 spiro atoms. The number of ether oxygens (including phenoxy) is 1. The van der Waals surface area contributed by atoms with E-state index in [0.717, 1.165) is 23.7 Å². The average molecular weight is 374 g/mol. The van der Waals surface area contributed by atoms with E-state index >= 15 is 0 Å². The van der Waals surface area contributed by atoms with Crippen LogP contribution in [0.15, 0.2) is 24.3 Å². The molecular formula is C19H26N4O4. The van der Waals surface area contributed by atoms with E-state index in [1.54, 1.807) is 13.8 Å². The Kier molecular flexibility index (Phi) is 5.36. The molecule has 146 valence electrons. The Balaban J connectivity index is 1.64. The molecule has 0 aromatic heterocycles. The van der Waals surface area contributed by atoms with Crippen LogP contribution >= 0.6 is 0 Å². The predicted octanol–water partition coefficient (Wildman–Crippen LogP) is 1.57. The van der Waals surface area contributed by atoms with Gasteiger partial charge in [-0.15, -0.1) is 0 Å². The van der Waals surface area contributed by atoms with Crippen LogP contribution in [0.25, 0.3) is 0 Å². The van der Waals surface area contributed by atoms with E-state index in [1.807, 2.05) is 31.2 Å². The van der Waals surface area contributed by atoms with E-state index in [0.29, 0.717) is 25.3 Å². The second kappa shape index (κ2) is 7.56. The summed E-state index contributed by atoms with van der Waals surface area (Å²) >= 11 is 0. The van der Waals surface area contributed by atoms with Crippen molar-refractivity contribution in [2.45, 2.75) is 38.8 Å². The number of hydrogen-bond acceptors (Lipinski definition) is 5. The molecule has 27 heavy (non-hydrogen) atoms. The zero-order valence-electron chi connectivity index (χ0n) is 15.9. The third-order valence-corrected chi connectivity index (χ3v) is 5.28. The summed E-state index contributed by atoms with van der Waals surface area (Å²) in [6.45, 7) is 8.13. The number of amides is 4. The van der Waals surface area contributed by atoms with E-state index in [2.05, 4.69) is 15.5 Å². The molecule has 0 bridgehead atoms. The molecule has 8 heteroatoms. The van der Waals surface area contributed by atoms with Crippen LogP contribution in [0.1, 0.15) is 27.2 Å². The van der Waals surface area contributed by atoms with Gasteiger partial charge < -0.3 is 20.3 Å². The zero-order chi connectivity index (χ0) is 19.6. The second-order valence-corrected chi connectivity index (χ2v) is 7.10. The van der Waals surface area contributed by atoms with Crippen molar-refractivity contribution in [3.8, 4) is 0 Å². The lowest BCUT2D eigenvalue weighted by Gasteiger charge is -2.29. The molecule has 2 saturated heterocycles. The molecule has 3 rings (SSSR count). The summed E-state index contributed by atoms with van der Waals surface area (Å²) in [5.41, 5.74) is 0.733. The Morgan fingerprint density at radius 2 is 1.89 bits per heavy atom. The van der Waals surface area contributed by atoms with Gasteiger partial charge in [0.05, 0.1) is 13.2 Å². The van der Waals surface area contributed by atoms with Crippen molar-refractivity contribution in [1.82, 2.24) is 10.2 Å². The standard InChI is InChI=1S/C19H26N4O4/c1-4-19(3)17(25)23(18(26)21-19)13(2)16(24)20-14-5-7-15(8-6-14)22-9-11-27-12-10-22/h5-8,13H,4,9-12H2,1-3H3,(H,20,24)(H,21,26). The molecule has 0 radical (unpaired) electrons. The van der Waals surface area contributed by atoms with Crippen LogP contribution in [0.2, 0.25) is 0 Å². The van der Waals surface area contributed by atoms with E-state index in [-0.39, 0.29) is 5.91 Å². The summed E-state index contributed by atoms with van der Waals surface area (Å²) in [5.74, 6) is -0.779. The highest BCUT2D eigenvalue weighted by atomic mass is 16.5. The topological polar surface area (TPSA) is 91.0 Å². The van der Waals surface area contributed by atoms with E-state index in [1.165, 1.54) is 0 Å². The first kappa shape index (κ1) is 19.2. The van der Waals surface area contributed by atoms with Crippen molar-refractivity contribution in [2.24, 2.45) is 0 Å². The number of nitrogens with zero attached hydrogens (tertiary/aromatic N) is 2. The first-order valence-electron chi connectivity index (χ1n) is 9.25. The van der Waals surface area contributed by atoms with Gasteiger partial charge in [-0.05, 0) is 44.5 Å². The molecule has 0 saturated carbocycles. The number of carbonyl (C=O) groups excluding carboxylic acids is 3. The summed E-state index contributed by atoms with van der Waals surface area (Å²) in [6.07, 6.45) is 0.464. The molecule has 2 heterocycles. The van der Waals surface area contributed by atoms with Gasteiger partial charge in [0.15, 0.2) is 0 Å². The number of morpholine rings is 1. The van der Waals surface area contributed by atoms with Crippen LogP contribution in [0.5, 0.6) is 0 Å². The van der Waals surface area contributed by atoms with Gasteiger partial charge in [0.2, 0.25) is 5.91 Å². The van der Waals surface area contributed by atoms with Crippen molar-refractivity contribution < 1.29 is 19.1 Å². The summed E-state index contributed by atoms with van der Waals surface area (Å²) in [6, 6.07) is 6.08. The van der Waals surface area contributed by atoms with Gasteiger partial charge in [-0.3, -0.25) is 9.59 Å². The normalized spacial score (nSPS) is 24.0. The molecule has 0 aliphatic carbocycles. The van der Waals surface area contributed by atoms with Gasteiger partial charge in [0.25, 0.3) is 5.91 Å². The fourth-order valence-corrected chi connectivity index (χ4v) is 3.24. The lowest BCUT2D eigenvalue weighted by Crippen LogP contribution is -2.47. The number of carbonyl (C=O) groups is 3. The highest BCUT2D eigenvalue weighted by Gasteiger charge is 2.49. The first-order chi connectivity index (χ1) is 12.9. The number of imide groups is 1. The Morgan fingerprint density at radius 1 is 1.26 bits per heavy atom. The van der Waals surface area contributed by atoms with Gasteiger partial charge in [-0.25, -0.2) is 9.69 Å². The van der Waals surface area contributed by atoms with Gasteiger partial charge >= 0.3 is 6.03 Å². The maximum atomic E-state index is 12.6. The molecule has 2 aliphatic heterocycles. The monoisotopic (exact) mass is 374 g/mol. The Morgan fingerprint density at radius 3 is 2.44 bits per heavy atom. The van der Waals surface area contributed by atoms with Crippen molar-refractivity contribution in [3.63, 3.8) is 0 Å². The SMILES string of the molecule is CCC1(C)NC(=O)N(C(C)C(=O)Nc2ccc(N3CCOCC3)cc2)C1=O. The van der Waals surface area contributed by atoms with E-state index in [9.17, 15) is 14.4 Å². The Labute approximate surface area is 158 Å². The van der Waals surface area contributed by atoms with Gasteiger partial charge in [0.1, 0.15) is 11.6 Å². The molecule has 8 nitrogen and oxygen atoms in total. The van der Waals surface area contributed by atoms with Crippen LogP contribution < -0.4 is 15.5 Å². The quantitative estimate of drug-likeness (QED) is 0.764. The molecule has 2 atom stereocenters. The molecule has 1 aromatic rings. The van der Waals surface area contributed by atoms with Crippen molar-refractivity contribution in [3.05, 3.63) is 24.3 Å². The Bertz CT molecular complexity index is 730. The number of benzene rings is 1. The molecule has 2 fully saturated rings. The minimum atomic E-state index is -0.953. The summed E-state index contributed by atoms with van der Waals surface area (Å²) in [7, 11) is 0. The third-order valence-electron chi connectivity index (χ3n) is 5.28. The molecule has 2 unspecified atom stereocenters. The zero-order valence-corrected chi connectivity index (χ0v) is 15.9. The predicted molar refractivity (Wildman–Crippen MR) is 102 cm³/mol. The second-order valence-electron chi connectivity index (χ2n) is 7.10. The molecule has 2 aliphatic rings. The Hall–Kier alpha value is -2.61. The van der Waals surface area contributed by atoms with Crippen LogP contribution in [0.4, 0.5) is 16.2 Å². The number of hydrogen-bond donors (Lipinski definition) is 2. The van der Waals surface area contributed by atoms with Crippen LogP contribution in [0.3, 0.4) is 0 Å². The van der Waals surface area contributed by atoms with Crippen LogP contribution in [-0.2, 0) is 14.3 Å². The van der Waals surface area contributed by atoms with E-state index in [4.69, 9.17) is 4.74 Å². The first-order valence-corrected chi connectivity index (χ1v) is 9.25. The lowest BCUT2D eigenvalue weighted by molar-refractivity contribution is -0.136. The van der Waals surface area contributed by atoms with Gasteiger partial charge in [0, 0.05) is 24.5 Å². The number of rotatable bonds is 5. The number of nitrogens with one attached hydrogen (secondary N) is 2. The van der Waals surface area contributed by atoms with Crippen LogP contribution in [0, 0.1) is 0 Å². The fraction of sp³-hybridized carbons (Fsp3) is 0.526.